The van der Waals surface area contributed by atoms with Crippen molar-refractivity contribution in [3.8, 4) is 0 Å². The molecular formula is C28H20N2O2. The summed E-state index contributed by atoms with van der Waals surface area (Å²) in [5.41, 5.74) is 6.89. The van der Waals surface area contributed by atoms with Gasteiger partial charge in [0.25, 0.3) is 0 Å². The average molecular weight is 416 g/mol. The third-order valence-electron chi connectivity index (χ3n) is 5.99. The van der Waals surface area contributed by atoms with Gasteiger partial charge in [-0.1, -0.05) is 48.5 Å². The summed E-state index contributed by atoms with van der Waals surface area (Å²) in [6.07, 6.45) is 1.52. The summed E-state index contributed by atoms with van der Waals surface area (Å²) >= 11 is 0. The molecule has 4 aromatic carbocycles. The lowest BCUT2D eigenvalue weighted by Gasteiger charge is -2.40. The van der Waals surface area contributed by atoms with Crippen molar-refractivity contribution in [3.05, 3.63) is 119 Å². The van der Waals surface area contributed by atoms with Gasteiger partial charge in [-0.05, 0) is 66.4 Å². The zero-order valence-electron chi connectivity index (χ0n) is 17.5. The topological polar surface area (TPSA) is 36.7 Å². The first-order valence-electron chi connectivity index (χ1n) is 10.6. The molecule has 5 aromatic rings. The Morgan fingerprint density at radius 2 is 1.12 bits per heavy atom. The van der Waals surface area contributed by atoms with Crippen molar-refractivity contribution in [1.29, 1.82) is 0 Å². The van der Waals surface area contributed by atoms with Crippen molar-refractivity contribution in [2.24, 2.45) is 0 Å². The van der Waals surface area contributed by atoms with Gasteiger partial charge in [0.2, 0.25) is 0 Å². The highest BCUT2D eigenvalue weighted by Crippen LogP contribution is 2.53. The van der Waals surface area contributed by atoms with E-state index in [2.05, 4.69) is 76.5 Å². The van der Waals surface area contributed by atoms with E-state index < -0.39 is 0 Å². The predicted molar refractivity (Wildman–Crippen MR) is 130 cm³/mol. The van der Waals surface area contributed by atoms with Gasteiger partial charge in [0, 0.05) is 11.4 Å². The maximum atomic E-state index is 12.5. The fraction of sp³-hybridized carbons (Fsp3) is 0.0357. The molecular weight excluding hydrogens is 396 g/mol. The molecule has 1 aliphatic heterocycles. The Morgan fingerprint density at radius 1 is 0.594 bits per heavy atom. The van der Waals surface area contributed by atoms with Crippen LogP contribution in [0, 0.1) is 6.92 Å². The maximum absolute atomic E-state index is 12.5. The zero-order valence-corrected chi connectivity index (χ0v) is 17.5. The van der Waals surface area contributed by atoms with Crippen molar-refractivity contribution in [2.45, 2.75) is 6.92 Å². The van der Waals surface area contributed by atoms with Gasteiger partial charge in [-0.3, -0.25) is 0 Å². The van der Waals surface area contributed by atoms with Crippen LogP contribution in [-0.2, 0) is 0 Å². The quantitative estimate of drug-likeness (QED) is 0.296. The first-order chi connectivity index (χ1) is 15.7. The minimum atomic E-state index is -0.322. The lowest BCUT2D eigenvalue weighted by molar-refractivity contribution is 0.516. The molecule has 4 heteroatoms. The Bertz CT molecular complexity index is 1470. The standard InChI is InChI=1S/C28H20N2O2/c1-19-18-32-28(31)23-17-21(15-16-22(19)23)30-26-13-7-5-11-24(26)29(20-9-3-2-4-10-20)25-12-6-8-14-27(25)30/h2-18H,1H3. The number of fused-ring (bicyclic) bond motifs is 3. The Balaban J connectivity index is 1.63. The molecule has 1 aromatic heterocycles. The molecule has 0 bridgehead atoms. The van der Waals surface area contributed by atoms with Crippen LogP contribution in [0.15, 0.2) is 113 Å². The van der Waals surface area contributed by atoms with Gasteiger partial charge in [0.05, 0.1) is 34.4 Å². The third kappa shape index (κ3) is 2.73. The van der Waals surface area contributed by atoms with E-state index in [0.717, 1.165) is 45.1 Å². The van der Waals surface area contributed by atoms with Gasteiger partial charge >= 0.3 is 5.63 Å². The van der Waals surface area contributed by atoms with Crippen LogP contribution in [0.2, 0.25) is 0 Å². The van der Waals surface area contributed by atoms with Gasteiger partial charge in [-0.2, -0.15) is 0 Å². The van der Waals surface area contributed by atoms with E-state index in [1.54, 1.807) is 0 Å². The molecule has 32 heavy (non-hydrogen) atoms. The Morgan fingerprint density at radius 3 is 1.72 bits per heavy atom. The van der Waals surface area contributed by atoms with E-state index >= 15 is 0 Å². The molecule has 0 saturated heterocycles. The number of benzene rings is 4. The SMILES string of the molecule is Cc1coc(=O)c2cc(N3c4ccccc4N(c4ccccc4)c4ccccc43)ccc12. The molecule has 0 unspecified atom stereocenters. The van der Waals surface area contributed by atoms with Crippen molar-refractivity contribution < 1.29 is 4.42 Å². The van der Waals surface area contributed by atoms with E-state index in [1.165, 1.54) is 6.26 Å². The van der Waals surface area contributed by atoms with Crippen LogP contribution in [0.4, 0.5) is 34.1 Å². The van der Waals surface area contributed by atoms with E-state index in [1.807, 2.05) is 37.3 Å². The van der Waals surface area contributed by atoms with Crippen molar-refractivity contribution >= 4 is 44.9 Å². The molecule has 1 aliphatic rings. The summed E-state index contributed by atoms with van der Waals surface area (Å²) in [6, 6.07) is 33.1. The highest BCUT2D eigenvalue weighted by molar-refractivity contribution is 6.02. The highest BCUT2D eigenvalue weighted by Gasteiger charge is 2.30. The summed E-state index contributed by atoms with van der Waals surface area (Å²) in [7, 11) is 0. The first kappa shape index (κ1) is 18.5. The van der Waals surface area contributed by atoms with Crippen LogP contribution in [0.5, 0.6) is 0 Å². The van der Waals surface area contributed by atoms with Gasteiger partial charge in [-0.15, -0.1) is 0 Å². The van der Waals surface area contributed by atoms with Gasteiger partial charge in [0.1, 0.15) is 0 Å². The Hall–Kier alpha value is -4.31. The molecule has 0 atom stereocenters. The number of aryl methyl sites for hydroxylation is 1. The second-order valence-electron chi connectivity index (χ2n) is 7.92. The molecule has 0 radical (unpaired) electrons. The Labute approximate surface area is 185 Å². The highest BCUT2D eigenvalue weighted by atomic mass is 16.4. The smallest absolute Gasteiger partial charge is 0.343 e. The second kappa shape index (κ2) is 7.13. The molecule has 0 spiro atoms. The van der Waals surface area contributed by atoms with Crippen LogP contribution >= 0.6 is 0 Å². The predicted octanol–water partition coefficient (Wildman–Crippen LogP) is 7.35. The van der Waals surface area contributed by atoms with Crippen molar-refractivity contribution in [1.82, 2.24) is 0 Å². The van der Waals surface area contributed by atoms with E-state index in [4.69, 9.17) is 4.42 Å². The molecule has 0 aliphatic carbocycles. The zero-order chi connectivity index (χ0) is 21.7. The number of anilines is 6. The van der Waals surface area contributed by atoms with Crippen LogP contribution < -0.4 is 15.4 Å². The summed E-state index contributed by atoms with van der Waals surface area (Å²) < 4.78 is 5.25. The Kier molecular flexibility index (Phi) is 4.12. The number of hydrogen-bond donors (Lipinski definition) is 0. The largest absolute Gasteiger partial charge is 0.431 e. The summed E-state index contributed by atoms with van der Waals surface area (Å²) in [5, 5.41) is 1.50. The van der Waals surface area contributed by atoms with Gasteiger partial charge in [-0.25, -0.2) is 4.79 Å². The summed E-state index contributed by atoms with van der Waals surface area (Å²) in [6.45, 7) is 1.95. The van der Waals surface area contributed by atoms with E-state index in [-0.39, 0.29) is 5.63 Å². The van der Waals surface area contributed by atoms with Gasteiger partial charge < -0.3 is 14.2 Å². The van der Waals surface area contributed by atoms with Gasteiger partial charge in [0.15, 0.2) is 0 Å². The molecule has 0 N–H and O–H groups in total. The fourth-order valence-corrected chi connectivity index (χ4v) is 4.53. The lowest BCUT2D eigenvalue weighted by Crippen LogP contribution is -2.23. The molecule has 0 amide bonds. The number of rotatable bonds is 2. The van der Waals surface area contributed by atoms with Crippen molar-refractivity contribution in [2.75, 3.05) is 9.80 Å². The van der Waals surface area contributed by atoms with Crippen LogP contribution in [0.3, 0.4) is 0 Å². The summed E-state index contributed by atoms with van der Waals surface area (Å²) in [5.74, 6) is 0. The van der Waals surface area contributed by atoms with Crippen LogP contribution in [0.25, 0.3) is 10.8 Å². The normalized spacial score (nSPS) is 12.5. The van der Waals surface area contributed by atoms with E-state index in [0.29, 0.717) is 5.39 Å². The minimum Gasteiger partial charge on any atom is -0.431 e. The van der Waals surface area contributed by atoms with Crippen LogP contribution in [-0.4, -0.2) is 0 Å². The second-order valence-corrected chi connectivity index (χ2v) is 7.92. The molecule has 4 nitrogen and oxygen atoms in total. The number of nitrogens with zero attached hydrogens (tertiary/aromatic N) is 2. The van der Waals surface area contributed by atoms with Crippen molar-refractivity contribution in [3.63, 3.8) is 0 Å². The number of para-hydroxylation sites is 5. The number of hydrogen-bond acceptors (Lipinski definition) is 4. The monoisotopic (exact) mass is 416 g/mol. The molecule has 2 heterocycles. The third-order valence-corrected chi connectivity index (χ3v) is 5.99. The fourth-order valence-electron chi connectivity index (χ4n) is 4.53. The molecule has 0 fully saturated rings. The van der Waals surface area contributed by atoms with Crippen LogP contribution in [0.1, 0.15) is 5.56 Å². The molecule has 154 valence electrons. The molecule has 0 saturated carbocycles. The first-order valence-corrected chi connectivity index (χ1v) is 10.6. The minimum absolute atomic E-state index is 0.322. The molecule has 6 rings (SSSR count). The average Bonchev–Trinajstić information content (AvgIpc) is 2.85. The van der Waals surface area contributed by atoms with E-state index in [9.17, 15) is 4.79 Å². The lowest BCUT2D eigenvalue weighted by atomic mass is 10.0. The summed E-state index contributed by atoms with van der Waals surface area (Å²) in [4.78, 5) is 17.0. The maximum Gasteiger partial charge on any atom is 0.343 e.